The molecule has 1 aliphatic carbocycles. The highest BCUT2D eigenvalue weighted by Gasteiger charge is 2.42. The van der Waals surface area contributed by atoms with Gasteiger partial charge in [0.15, 0.2) is 0 Å². The Bertz CT molecular complexity index is 1180. The van der Waals surface area contributed by atoms with Gasteiger partial charge < -0.3 is 14.7 Å². The summed E-state index contributed by atoms with van der Waals surface area (Å²) in [6.07, 6.45) is 2.61. The van der Waals surface area contributed by atoms with Crippen LogP contribution in [0.4, 0.5) is 5.13 Å². The van der Waals surface area contributed by atoms with Crippen molar-refractivity contribution in [2.24, 2.45) is 17.0 Å². The highest BCUT2D eigenvalue weighted by atomic mass is 32.1. The Balaban J connectivity index is 1.43. The Hall–Kier alpha value is -2.88. The topological polar surface area (TPSA) is 125 Å². The molecule has 4 atom stereocenters. The third kappa shape index (κ3) is 3.56. The Morgan fingerprint density at radius 3 is 2.78 bits per heavy atom. The minimum Gasteiger partial charge on any atom is -0.480 e. The van der Waals surface area contributed by atoms with E-state index in [1.807, 2.05) is 22.8 Å². The number of methoxy groups -OCH3 is 1. The number of azide groups is 1. The van der Waals surface area contributed by atoms with E-state index in [2.05, 4.69) is 38.7 Å². The number of aliphatic hydroxyl groups excluding tert-OH is 1. The summed E-state index contributed by atoms with van der Waals surface area (Å²) in [4.78, 5) is 15.2. The van der Waals surface area contributed by atoms with Crippen molar-refractivity contribution in [2.75, 3.05) is 25.1 Å². The van der Waals surface area contributed by atoms with Gasteiger partial charge >= 0.3 is 0 Å². The molecule has 1 saturated carbocycles. The molecule has 0 spiro atoms. The SMILES string of the molecule is COc1nc(C(C)C)ccc1-c1cnc2sc(N3C[C@H]4C[C@H](O)[C@@H](N=[N+]=[N-])C[C@H]4C3)nn12. The highest BCUT2D eigenvalue weighted by molar-refractivity contribution is 7.20. The summed E-state index contributed by atoms with van der Waals surface area (Å²) in [5, 5.41) is 19.9. The molecule has 0 amide bonds. The first-order chi connectivity index (χ1) is 15.5. The van der Waals surface area contributed by atoms with Gasteiger partial charge in [0.25, 0.3) is 0 Å². The lowest BCUT2D eigenvalue weighted by atomic mass is 9.78. The number of aliphatic hydroxyl groups is 1. The summed E-state index contributed by atoms with van der Waals surface area (Å²) in [5.41, 5.74) is 11.4. The lowest BCUT2D eigenvalue weighted by Crippen LogP contribution is -2.37. The molecular weight excluding hydrogens is 428 g/mol. The van der Waals surface area contributed by atoms with Gasteiger partial charge in [0.05, 0.1) is 36.7 Å². The Morgan fingerprint density at radius 2 is 2.06 bits per heavy atom. The molecule has 4 heterocycles. The van der Waals surface area contributed by atoms with E-state index >= 15 is 0 Å². The summed E-state index contributed by atoms with van der Waals surface area (Å²) in [6.45, 7) is 5.89. The number of anilines is 1. The minimum atomic E-state index is -0.568. The van der Waals surface area contributed by atoms with Crippen LogP contribution in [0.1, 0.15) is 38.3 Å². The molecule has 5 rings (SSSR count). The van der Waals surface area contributed by atoms with Gasteiger partial charge in [-0.1, -0.05) is 30.3 Å². The summed E-state index contributed by atoms with van der Waals surface area (Å²) in [7, 11) is 1.63. The number of rotatable bonds is 5. The largest absolute Gasteiger partial charge is 0.480 e. The van der Waals surface area contributed by atoms with Crippen LogP contribution in [0.15, 0.2) is 23.4 Å². The molecule has 10 nitrogen and oxygen atoms in total. The first kappa shape index (κ1) is 21.0. The van der Waals surface area contributed by atoms with Crippen LogP contribution in [0.3, 0.4) is 0 Å². The van der Waals surface area contributed by atoms with Crippen LogP contribution >= 0.6 is 11.3 Å². The molecule has 168 valence electrons. The van der Waals surface area contributed by atoms with Crippen molar-refractivity contribution < 1.29 is 9.84 Å². The second-order valence-electron chi connectivity index (χ2n) is 8.91. The van der Waals surface area contributed by atoms with E-state index in [0.29, 0.717) is 36.5 Å². The van der Waals surface area contributed by atoms with Gasteiger partial charge in [0.1, 0.15) is 0 Å². The van der Waals surface area contributed by atoms with Crippen LogP contribution in [0.25, 0.3) is 26.7 Å². The smallest absolute Gasteiger partial charge is 0.222 e. The van der Waals surface area contributed by atoms with E-state index in [1.165, 1.54) is 0 Å². The Morgan fingerprint density at radius 1 is 1.28 bits per heavy atom. The van der Waals surface area contributed by atoms with Crippen molar-refractivity contribution in [3.8, 4) is 17.1 Å². The zero-order chi connectivity index (χ0) is 22.4. The molecule has 11 heteroatoms. The van der Waals surface area contributed by atoms with E-state index in [9.17, 15) is 5.11 Å². The number of imidazole rings is 1. The molecule has 0 bridgehead atoms. The molecule has 0 aromatic carbocycles. The maximum atomic E-state index is 10.3. The quantitative estimate of drug-likeness (QED) is 0.354. The summed E-state index contributed by atoms with van der Waals surface area (Å²) in [6, 6.07) is 3.70. The zero-order valence-electron chi connectivity index (χ0n) is 18.3. The van der Waals surface area contributed by atoms with Crippen molar-refractivity contribution in [3.05, 3.63) is 34.5 Å². The second-order valence-corrected chi connectivity index (χ2v) is 9.84. The molecule has 0 radical (unpaired) electrons. The third-order valence-corrected chi connectivity index (χ3v) is 7.58. The minimum absolute atomic E-state index is 0.310. The number of aromatic nitrogens is 4. The van der Waals surface area contributed by atoms with Crippen LogP contribution in [-0.2, 0) is 0 Å². The number of hydrogen-bond acceptors (Lipinski definition) is 8. The number of fused-ring (bicyclic) bond motifs is 2. The van der Waals surface area contributed by atoms with Crippen LogP contribution in [0.2, 0.25) is 0 Å². The molecular formula is C21H26N8O2S. The van der Waals surface area contributed by atoms with Crippen molar-refractivity contribution in [3.63, 3.8) is 0 Å². The molecule has 1 N–H and O–H groups in total. The molecule has 2 aliphatic rings. The van der Waals surface area contributed by atoms with Gasteiger partial charge in [-0.15, -0.1) is 5.10 Å². The van der Waals surface area contributed by atoms with Crippen LogP contribution < -0.4 is 9.64 Å². The lowest BCUT2D eigenvalue weighted by Gasteiger charge is -2.32. The normalized spacial score (nSPS) is 25.2. The van der Waals surface area contributed by atoms with Crippen molar-refractivity contribution in [1.29, 1.82) is 0 Å². The Kier molecular flexibility index (Phi) is 5.40. The molecule has 1 aliphatic heterocycles. The van der Waals surface area contributed by atoms with E-state index in [-0.39, 0.29) is 6.04 Å². The fourth-order valence-electron chi connectivity index (χ4n) is 4.87. The molecule has 3 aromatic rings. The molecule has 3 aromatic heterocycles. The third-order valence-electron chi connectivity index (χ3n) is 6.60. The number of hydrogen-bond donors (Lipinski definition) is 1. The summed E-state index contributed by atoms with van der Waals surface area (Å²) in [5.74, 6) is 1.64. The van der Waals surface area contributed by atoms with Crippen molar-refractivity contribution in [2.45, 2.75) is 44.8 Å². The maximum Gasteiger partial charge on any atom is 0.222 e. The maximum absolute atomic E-state index is 10.3. The molecule has 32 heavy (non-hydrogen) atoms. The van der Waals surface area contributed by atoms with Gasteiger partial charge in [-0.2, -0.15) is 0 Å². The number of ether oxygens (including phenoxy) is 1. The van der Waals surface area contributed by atoms with E-state index in [4.69, 9.17) is 15.4 Å². The van der Waals surface area contributed by atoms with Gasteiger partial charge in [-0.05, 0) is 48.3 Å². The monoisotopic (exact) mass is 454 g/mol. The lowest BCUT2D eigenvalue weighted by molar-refractivity contribution is 0.0665. The predicted molar refractivity (Wildman–Crippen MR) is 122 cm³/mol. The fourth-order valence-corrected chi connectivity index (χ4v) is 5.77. The summed E-state index contributed by atoms with van der Waals surface area (Å²) < 4.78 is 7.43. The molecule has 1 saturated heterocycles. The predicted octanol–water partition coefficient (Wildman–Crippen LogP) is 3.87. The van der Waals surface area contributed by atoms with E-state index in [0.717, 1.165) is 40.1 Å². The standard InChI is InChI=1S/C21H26N8O2S/c1-11(2)15-5-4-14(19(24-15)31-3)17-8-23-20-29(17)26-21(32-20)28-9-12-6-16(25-27-22)18(30)7-13(12)10-28/h4-5,8,11-13,16,18,30H,6-7,9-10H2,1-3H3/t12-,13+,16-,18-/m0/s1. The van der Waals surface area contributed by atoms with Crippen LogP contribution in [0, 0.1) is 11.8 Å². The van der Waals surface area contributed by atoms with Crippen molar-refractivity contribution >= 4 is 21.4 Å². The Labute approximate surface area is 189 Å². The number of pyridine rings is 1. The first-order valence-electron chi connectivity index (χ1n) is 10.9. The molecule has 0 unspecified atom stereocenters. The fraction of sp³-hybridized carbons (Fsp3) is 0.571. The average molecular weight is 455 g/mol. The highest BCUT2D eigenvalue weighted by Crippen LogP contribution is 2.41. The summed E-state index contributed by atoms with van der Waals surface area (Å²) >= 11 is 1.55. The first-order valence-corrected chi connectivity index (χ1v) is 11.7. The van der Waals surface area contributed by atoms with E-state index in [1.54, 1.807) is 18.4 Å². The van der Waals surface area contributed by atoms with Gasteiger partial charge in [0.2, 0.25) is 16.0 Å². The van der Waals surface area contributed by atoms with Gasteiger partial charge in [0, 0.05) is 23.7 Å². The van der Waals surface area contributed by atoms with E-state index < -0.39 is 6.10 Å². The molecule has 2 fully saturated rings. The zero-order valence-corrected chi connectivity index (χ0v) is 19.1. The van der Waals surface area contributed by atoms with Crippen LogP contribution in [-0.4, -0.2) is 57.0 Å². The van der Waals surface area contributed by atoms with Gasteiger partial charge in [-0.25, -0.2) is 14.5 Å². The van der Waals surface area contributed by atoms with Crippen LogP contribution in [0.5, 0.6) is 5.88 Å². The second kappa shape index (κ2) is 8.23. The van der Waals surface area contributed by atoms with Crippen molar-refractivity contribution in [1.82, 2.24) is 19.6 Å². The number of nitrogens with zero attached hydrogens (tertiary/aromatic N) is 8. The van der Waals surface area contributed by atoms with Gasteiger partial charge in [-0.3, -0.25) is 0 Å². The average Bonchev–Trinajstić information content (AvgIpc) is 3.47.